The van der Waals surface area contributed by atoms with Crippen molar-refractivity contribution in [2.24, 2.45) is 0 Å². The molecule has 3 rings (SSSR count). The Hall–Kier alpha value is -3.28. The summed E-state index contributed by atoms with van der Waals surface area (Å²) in [6.07, 6.45) is 1.87. The number of carboxylic acids is 1. The summed E-state index contributed by atoms with van der Waals surface area (Å²) in [6, 6.07) is 13.7. The molecule has 0 aliphatic carbocycles. The molecule has 0 saturated heterocycles. The molecule has 1 aromatic heterocycles. The predicted molar refractivity (Wildman–Crippen MR) is 95.6 cm³/mol. The maximum Gasteiger partial charge on any atom is 0.258 e. The van der Waals surface area contributed by atoms with Gasteiger partial charge in [-0.2, -0.15) is 0 Å². The lowest BCUT2D eigenvalue weighted by Crippen LogP contribution is -2.50. The highest BCUT2D eigenvalue weighted by atomic mass is 16.5. The molecule has 3 aromatic rings. The van der Waals surface area contributed by atoms with Crippen molar-refractivity contribution < 1.29 is 19.4 Å². The van der Waals surface area contributed by atoms with E-state index in [4.69, 9.17) is 4.74 Å². The summed E-state index contributed by atoms with van der Waals surface area (Å²) in [5.41, 5.74) is 2.72. The molecule has 0 unspecified atom stereocenters. The lowest BCUT2D eigenvalue weighted by atomic mass is 10.1. The van der Waals surface area contributed by atoms with Gasteiger partial charge in [-0.1, -0.05) is 30.3 Å². The van der Waals surface area contributed by atoms with E-state index in [9.17, 15) is 14.7 Å². The van der Waals surface area contributed by atoms with E-state index in [1.807, 2.05) is 43.3 Å². The molecule has 6 nitrogen and oxygen atoms in total. The van der Waals surface area contributed by atoms with Crippen molar-refractivity contribution in [3.63, 3.8) is 0 Å². The summed E-state index contributed by atoms with van der Waals surface area (Å²) < 4.78 is 5.40. The number of benzene rings is 2. The second-order valence-electron chi connectivity index (χ2n) is 6.11. The van der Waals surface area contributed by atoms with E-state index in [-0.39, 0.29) is 13.0 Å². The van der Waals surface area contributed by atoms with Crippen LogP contribution in [0, 0.1) is 6.92 Å². The van der Waals surface area contributed by atoms with Crippen molar-refractivity contribution in [2.45, 2.75) is 19.4 Å². The molecule has 1 atom stereocenters. The summed E-state index contributed by atoms with van der Waals surface area (Å²) in [5, 5.41) is 14.8. The van der Waals surface area contributed by atoms with Gasteiger partial charge in [-0.05, 0) is 36.2 Å². The van der Waals surface area contributed by atoms with Crippen LogP contribution in [0.2, 0.25) is 0 Å². The molecule has 0 bridgehead atoms. The second kappa shape index (κ2) is 7.74. The Morgan fingerprint density at radius 2 is 2.00 bits per heavy atom. The van der Waals surface area contributed by atoms with Crippen LogP contribution in [0.4, 0.5) is 0 Å². The minimum atomic E-state index is -1.33. The molecule has 0 spiro atoms. The average molecular weight is 351 g/mol. The van der Waals surface area contributed by atoms with Crippen LogP contribution in [0.5, 0.6) is 5.75 Å². The van der Waals surface area contributed by atoms with Crippen LogP contribution in [0.3, 0.4) is 0 Å². The number of aryl methyl sites for hydroxylation is 1. The highest BCUT2D eigenvalue weighted by Gasteiger charge is 2.16. The number of nitrogens with one attached hydrogen (secondary N) is 2. The number of aromatic nitrogens is 1. The highest BCUT2D eigenvalue weighted by molar-refractivity contribution is 5.86. The third kappa shape index (κ3) is 4.22. The van der Waals surface area contributed by atoms with Crippen molar-refractivity contribution in [1.82, 2.24) is 10.3 Å². The summed E-state index contributed by atoms with van der Waals surface area (Å²) in [6.45, 7) is 1.65. The molecule has 1 amide bonds. The van der Waals surface area contributed by atoms with E-state index in [0.29, 0.717) is 5.75 Å². The molecule has 26 heavy (non-hydrogen) atoms. The molecule has 0 radical (unpaired) electrons. The molecule has 134 valence electrons. The third-order valence-electron chi connectivity index (χ3n) is 4.08. The molecular weight excluding hydrogens is 332 g/mol. The summed E-state index contributed by atoms with van der Waals surface area (Å²) >= 11 is 0. The largest absolute Gasteiger partial charge is 0.548 e. The van der Waals surface area contributed by atoms with Gasteiger partial charge in [0.05, 0.1) is 12.0 Å². The number of para-hydroxylation sites is 1. The van der Waals surface area contributed by atoms with Crippen molar-refractivity contribution >= 4 is 22.8 Å². The van der Waals surface area contributed by atoms with Crippen LogP contribution >= 0.6 is 0 Å². The first-order valence-electron chi connectivity index (χ1n) is 8.27. The first-order chi connectivity index (χ1) is 12.5. The van der Waals surface area contributed by atoms with E-state index in [1.54, 1.807) is 18.3 Å². The van der Waals surface area contributed by atoms with Crippen LogP contribution in [-0.4, -0.2) is 29.5 Å². The molecule has 0 saturated carbocycles. The van der Waals surface area contributed by atoms with Crippen molar-refractivity contribution in [3.05, 3.63) is 65.9 Å². The van der Waals surface area contributed by atoms with Crippen LogP contribution in [0.25, 0.3) is 10.9 Å². The Morgan fingerprint density at radius 3 is 2.77 bits per heavy atom. The Kier molecular flexibility index (Phi) is 5.22. The van der Waals surface area contributed by atoms with E-state index in [0.717, 1.165) is 22.0 Å². The van der Waals surface area contributed by atoms with Gasteiger partial charge in [0.15, 0.2) is 6.61 Å². The van der Waals surface area contributed by atoms with Gasteiger partial charge < -0.3 is 24.9 Å². The van der Waals surface area contributed by atoms with Crippen molar-refractivity contribution in [1.29, 1.82) is 0 Å². The van der Waals surface area contributed by atoms with Gasteiger partial charge in [-0.15, -0.1) is 0 Å². The fourth-order valence-corrected chi connectivity index (χ4v) is 2.80. The Bertz CT molecular complexity index is 932. The van der Waals surface area contributed by atoms with E-state index in [2.05, 4.69) is 10.3 Å². The monoisotopic (exact) mass is 351 g/mol. The lowest BCUT2D eigenvalue weighted by Gasteiger charge is -2.19. The Labute approximate surface area is 150 Å². The molecule has 0 aliphatic rings. The zero-order valence-electron chi connectivity index (χ0n) is 14.3. The number of H-pyrrole nitrogens is 1. The number of aliphatic carboxylic acids is 1. The first-order valence-corrected chi connectivity index (χ1v) is 8.27. The first kappa shape index (κ1) is 17.5. The third-order valence-corrected chi connectivity index (χ3v) is 4.08. The van der Waals surface area contributed by atoms with Crippen molar-refractivity contribution in [2.75, 3.05) is 6.61 Å². The molecule has 6 heteroatoms. The number of amides is 1. The average Bonchev–Trinajstić information content (AvgIpc) is 3.02. The standard InChI is InChI=1S/C20H20N2O4/c1-13-5-4-6-15(9-13)26-12-19(23)22-18(20(24)25)10-14-11-21-17-8-3-2-7-16(14)17/h2-9,11,18,21H,10,12H2,1H3,(H,22,23)(H,24,25)/p-1/t18-/m0/s1. The molecule has 2 aromatic carbocycles. The van der Waals surface area contributed by atoms with Gasteiger partial charge in [0.25, 0.3) is 5.91 Å². The fourth-order valence-electron chi connectivity index (χ4n) is 2.80. The van der Waals surface area contributed by atoms with Gasteiger partial charge in [0.1, 0.15) is 5.75 Å². The SMILES string of the molecule is Cc1cccc(OCC(=O)N[C@@H](Cc2c[nH]c3ccccc23)C(=O)[O-])c1. The number of rotatable bonds is 7. The molecule has 2 N–H and O–H groups in total. The maximum absolute atomic E-state index is 12.1. The van der Waals surface area contributed by atoms with E-state index in [1.165, 1.54) is 0 Å². The van der Waals surface area contributed by atoms with Crippen LogP contribution < -0.4 is 15.2 Å². The fraction of sp³-hybridized carbons (Fsp3) is 0.200. The number of carbonyl (C=O) groups excluding carboxylic acids is 2. The lowest BCUT2D eigenvalue weighted by molar-refractivity contribution is -0.308. The Morgan fingerprint density at radius 1 is 1.19 bits per heavy atom. The zero-order chi connectivity index (χ0) is 18.5. The number of hydrogen-bond donors (Lipinski definition) is 2. The summed E-state index contributed by atoms with van der Waals surface area (Å²) in [7, 11) is 0. The number of carboxylic acid groups (broad SMARTS) is 1. The summed E-state index contributed by atoms with van der Waals surface area (Å²) in [4.78, 5) is 26.6. The molecule has 0 aliphatic heterocycles. The van der Waals surface area contributed by atoms with Crippen LogP contribution in [0.15, 0.2) is 54.7 Å². The number of hydrogen-bond acceptors (Lipinski definition) is 4. The van der Waals surface area contributed by atoms with Gasteiger partial charge >= 0.3 is 0 Å². The van der Waals surface area contributed by atoms with Gasteiger partial charge in [0.2, 0.25) is 0 Å². The number of carbonyl (C=O) groups is 2. The number of aromatic amines is 1. The minimum absolute atomic E-state index is 0.128. The summed E-state index contributed by atoms with van der Waals surface area (Å²) in [5.74, 6) is -1.29. The quantitative estimate of drug-likeness (QED) is 0.671. The highest BCUT2D eigenvalue weighted by Crippen LogP contribution is 2.19. The van der Waals surface area contributed by atoms with Gasteiger partial charge in [0, 0.05) is 23.5 Å². The Balaban J connectivity index is 1.63. The van der Waals surface area contributed by atoms with E-state index < -0.39 is 17.9 Å². The predicted octanol–water partition coefficient (Wildman–Crippen LogP) is 1.33. The number of fused-ring (bicyclic) bond motifs is 1. The smallest absolute Gasteiger partial charge is 0.258 e. The van der Waals surface area contributed by atoms with Gasteiger partial charge in [-0.3, -0.25) is 4.79 Å². The van der Waals surface area contributed by atoms with Crippen molar-refractivity contribution in [3.8, 4) is 5.75 Å². The zero-order valence-corrected chi connectivity index (χ0v) is 14.3. The van der Waals surface area contributed by atoms with Crippen LogP contribution in [-0.2, 0) is 16.0 Å². The maximum atomic E-state index is 12.1. The van der Waals surface area contributed by atoms with E-state index >= 15 is 0 Å². The second-order valence-corrected chi connectivity index (χ2v) is 6.11. The normalized spacial score (nSPS) is 11.9. The molecule has 1 heterocycles. The number of ether oxygens (including phenoxy) is 1. The molecular formula is C20H19N2O4-. The van der Waals surface area contributed by atoms with Gasteiger partial charge in [-0.25, -0.2) is 0 Å². The van der Waals surface area contributed by atoms with Crippen LogP contribution in [0.1, 0.15) is 11.1 Å². The minimum Gasteiger partial charge on any atom is -0.548 e. The molecule has 0 fully saturated rings. The topological polar surface area (TPSA) is 94.2 Å².